The molecule has 2 nitrogen and oxygen atoms in total. The van der Waals surface area contributed by atoms with Crippen LogP contribution in [0.4, 0.5) is 0 Å². The van der Waals surface area contributed by atoms with E-state index in [4.69, 9.17) is 11.6 Å². The zero-order chi connectivity index (χ0) is 19.4. The minimum atomic E-state index is 0.0859. The van der Waals surface area contributed by atoms with Crippen molar-refractivity contribution < 1.29 is 4.79 Å². The first-order valence-corrected chi connectivity index (χ1v) is 10.2. The zero-order valence-electron chi connectivity index (χ0n) is 16.7. The largest absolute Gasteiger partial charge is 0.335 e. The summed E-state index contributed by atoms with van der Waals surface area (Å²) in [7, 11) is 0. The molecule has 2 aromatic carbocycles. The van der Waals surface area contributed by atoms with Gasteiger partial charge in [0.05, 0.1) is 10.6 Å². The maximum Gasteiger partial charge on any atom is 0.255 e. The predicted molar refractivity (Wildman–Crippen MR) is 112 cm³/mol. The molecule has 4 rings (SSSR count). The number of carbonyl (C=O) groups excluding carboxylic acids is 1. The SMILES string of the molecule is Cc1ccccc1-c1ccc(C(=O)N2C[C@@]3(C)C[C@@H]2CC(C)(C)C3)c(Cl)c1. The molecule has 1 saturated carbocycles. The first-order chi connectivity index (χ1) is 12.7. The van der Waals surface area contributed by atoms with Crippen molar-refractivity contribution in [3.63, 3.8) is 0 Å². The molecule has 1 amide bonds. The number of likely N-dealkylation sites (tertiary alicyclic amines) is 1. The quantitative estimate of drug-likeness (QED) is 0.592. The number of fused-ring (bicyclic) bond motifs is 2. The van der Waals surface area contributed by atoms with Gasteiger partial charge in [0.2, 0.25) is 0 Å². The molecule has 2 fully saturated rings. The van der Waals surface area contributed by atoms with Gasteiger partial charge in [-0.25, -0.2) is 0 Å². The summed E-state index contributed by atoms with van der Waals surface area (Å²) in [6.45, 7) is 9.92. The van der Waals surface area contributed by atoms with Crippen LogP contribution in [0.3, 0.4) is 0 Å². The summed E-state index contributed by atoms with van der Waals surface area (Å²) in [5.74, 6) is 0.0859. The van der Waals surface area contributed by atoms with Gasteiger partial charge in [0, 0.05) is 12.6 Å². The van der Waals surface area contributed by atoms with Crippen LogP contribution >= 0.6 is 11.6 Å². The van der Waals surface area contributed by atoms with E-state index in [1.807, 2.05) is 30.3 Å². The molecule has 2 atom stereocenters. The Labute approximate surface area is 167 Å². The van der Waals surface area contributed by atoms with Crippen molar-refractivity contribution in [1.29, 1.82) is 0 Å². The third-order valence-electron chi connectivity index (χ3n) is 6.33. The van der Waals surface area contributed by atoms with Gasteiger partial charge < -0.3 is 4.90 Å². The van der Waals surface area contributed by atoms with Gasteiger partial charge >= 0.3 is 0 Å². The molecular formula is C24H28ClNO. The van der Waals surface area contributed by atoms with Crippen molar-refractivity contribution in [3.05, 3.63) is 58.6 Å². The molecule has 2 bridgehead atoms. The Kier molecular flexibility index (Phi) is 4.38. The number of rotatable bonds is 2. The fraction of sp³-hybridized carbons (Fsp3) is 0.458. The highest BCUT2D eigenvalue weighted by Gasteiger charge is 2.51. The van der Waals surface area contributed by atoms with E-state index in [0.717, 1.165) is 30.5 Å². The summed E-state index contributed by atoms with van der Waals surface area (Å²) in [6, 6.07) is 14.4. The normalized spacial score (nSPS) is 26.3. The number of hydrogen-bond acceptors (Lipinski definition) is 1. The van der Waals surface area contributed by atoms with E-state index in [0.29, 0.717) is 22.0 Å². The van der Waals surface area contributed by atoms with Crippen LogP contribution in [0.2, 0.25) is 5.02 Å². The highest BCUT2D eigenvalue weighted by Crippen LogP contribution is 2.52. The minimum Gasteiger partial charge on any atom is -0.335 e. The van der Waals surface area contributed by atoms with E-state index in [-0.39, 0.29) is 11.3 Å². The molecule has 0 spiro atoms. The van der Waals surface area contributed by atoms with Crippen LogP contribution < -0.4 is 0 Å². The van der Waals surface area contributed by atoms with Gasteiger partial charge in [-0.15, -0.1) is 0 Å². The second-order valence-electron chi connectivity index (χ2n) is 9.66. The molecule has 27 heavy (non-hydrogen) atoms. The lowest BCUT2D eigenvalue weighted by Gasteiger charge is -2.39. The molecule has 142 valence electrons. The number of benzene rings is 2. The van der Waals surface area contributed by atoms with Crippen molar-refractivity contribution in [3.8, 4) is 11.1 Å². The number of nitrogens with zero attached hydrogens (tertiary/aromatic N) is 1. The van der Waals surface area contributed by atoms with Crippen molar-refractivity contribution in [2.24, 2.45) is 10.8 Å². The Morgan fingerprint density at radius 2 is 1.85 bits per heavy atom. The number of halogens is 1. The molecule has 3 heteroatoms. The smallest absolute Gasteiger partial charge is 0.255 e. The lowest BCUT2D eigenvalue weighted by molar-refractivity contribution is 0.0708. The Morgan fingerprint density at radius 3 is 2.56 bits per heavy atom. The number of carbonyl (C=O) groups is 1. The van der Waals surface area contributed by atoms with E-state index in [9.17, 15) is 4.79 Å². The molecule has 0 N–H and O–H groups in total. The number of amides is 1. The molecular weight excluding hydrogens is 354 g/mol. The van der Waals surface area contributed by atoms with Crippen molar-refractivity contribution >= 4 is 17.5 Å². The highest BCUT2D eigenvalue weighted by molar-refractivity contribution is 6.34. The van der Waals surface area contributed by atoms with Crippen molar-refractivity contribution in [2.45, 2.75) is 53.0 Å². The summed E-state index contributed by atoms with van der Waals surface area (Å²) < 4.78 is 0. The Balaban J connectivity index is 1.63. The number of aryl methyl sites for hydroxylation is 1. The van der Waals surface area contributed by atoms with Gasteiger partial charge in [-0.3, -0.25) is 4.79 Å². The molecule has 2 aromatic rings. The second-order valence-corrected chi connectivity index (χ2v) is 10.1. The summed E-state index contributed by atoms with van der Waals surface area (Å²) >= 11 is 6.59. The average molecular weight is 382 g/mol. The van der Waals surface area contributed by atoms with Crippen molar-refractivity contribution in [2.75, 3.05) is 6.54 Å². The Morgan fingerprint density at radius 1 is 1.11 bits per heavy atom. The first-order valence-electron chi connectivity index (χ1n) is 9.84. The molecule has 0 aromatic heterocycles. The molecule has 1 aliphatic carbocycles. The van der Waals surface area contributed by atoms with Crippen LogP contribution in [0.15, 0.2) is 42.5 Å². The number of hydrogen-bond donors (Lipinski definition) is 0. The summed E-state index contributed by atoms with van der Waals surface area (Å²) in [6.07, 6.45) is 3.37. The molecule has 1 saturated heterocycles. The van der Waals surface area contributed by atoms with Gasteiger partial charge in [0.15, 0.2) is 0 Å². The van der Waals surface area contributed by atoms with Crippen LogP contribution in [-0.4, -0.2) is 23.4 Å². The fourth-order valence-corrected chi connectivity index (χ4v) is 5.87. The van der Waals surface area contributed by atoms with E-state index >= 15 is 0 Å². The third kappa shape index (κ3) is 3.40. The van der Waals surface area contributed by atoms with Gasteiger partial charge in [-0.05, 0) is 65.8 Å². The topological polar surface area (TPSA) is 20.3 Å². The van der Waals surface area contributed by atoms with Crippen LogP contribution in [0.25, 0.3) is 11.1 Å². The van der Waals surface area contributed by atoms with Gasteiger partial charge in [0.25, 0.3) is 5.91 Å². The van der Waals surface area contributed by atoms with Gasteiger partial charge in [-0.2, -0.15) is 0 Å². The maximum absolute atomic E-state index is 13.3. The monoisotopic (exact) mass is 381 g/mol. The molecule has 2 aliphatic rings. The van der Waals surface area contributed by atoms with Crippen LogP contribution in [0, 0.1) is 17.8 Å². The first kappa shape index (κ1) is 18.6. The summed E-state index contributed by atoms with van der Waals surface area (Å²) in [4.78, 5) is 15.4. The Hall–Kier alpha value is -1.80. The summed E-state index contributed by atoms with van der Waals surface area (Å²) in [5.41, 5.74) is 4.58. The zero-order valence-corrected chi connectivity index (χ0v) is 17.4. The van der Waals surface area contributed by atoms with Crippen LogP contribution in [-0.2, 0) is 0 Å². The van der Waals surface area contributed by atoms with E-state index < -0.39 is 0 Å². The highest BCUT2D eigenvalue weighted by atomic mass is 35.5. The third-order valence-corrected chi connectivity index (χ3v) is 6.64. The fourth-order valence-electron chi connectivity index (χ4n) is 5.60. The summed E-state index contributed by atoms with van der Waals surface area (Å²) in [5, 5.41) is 0.548. The Bertz CT molecular complexity index is 903. The molecule has 0 unspecified atom stereocenters. The van der Waals surface area contributed by atoms with Gasteiger partial charge in [0.1, 0.15) is 0 Å². The van der Waals surface area contributed by atoms with Crippen molar-refractivity contribution in [1.82, 2.24) is 4.90 Å². The van der Waals surface area contributed by atoms with E-state index in [1.54, 1.807) is 0 Å². The van der Waals surface area contributed by atoms with E-state index in [2.05, 4.69) is 44.7 Å². The van der Waals surface area contributed by atoms with E-state index in [1.165, 1.54) is 12.0 Å². The lowest BCUT2D eigenvalue weighted by Crippen LogP contribution is -2.37. The standard InChI is InChI=1S/C24H28ClNO/c1-16-7-5-6-8-19(16)17-9-10-20(21(25)11-17)22(27)26-15-24(4)13-18(26)12-23(2,3)14-24/h5-11,18H,12-15H2,1-4H3/t18-,24-/m0/s1. The molecule has 0 radical (unpaired) electrons. The predicted octanol–water partition coefficient (Wildman–Crippen LogP) is 6.36. The maximum atomic E-state index is 13.3. The van der Waals surface area contributed by atoms with Gasteiger partial charge in [-0.1, -0.05) is 62.7 Å². The van der Waals surface area contributed by atoms with Crippen LogP contribution in [0.5, 0.6) is 0 Å². The lowest BCUT2D eigenvalue weighted by atomic mass is 9.65. The minimum absolute atomic E-state index is 0.0859. The second kappa shape index (κ2) is 6.38. The molecule has 1 aliphatic heterocycles. The molecule has 1 heterocycles. The van der Waals surface area contributed by atoms with Crippen LogP contribution in [0.1, 0.15) is 56.0 Å². The average Bonchev–Trinajstić information content (AvgIpc) is 2.83.